The Kier molecular flexibility index (Phi) is 8.22. The van der Waals surface area contributed by atoms with Crippen molar-refractivity contribution in [3.63, 3.8) is 0 Å². The molecule has 1 aromatic rings. The number of ether oxygens (including phenoxy) is 2. The summed E-state index contributed by atoms with van der Waals surface area (Å²) in [7, 11) is 5.24. The largest absolute Gasteiger partial charge is 0.493 e. The second-order valence-electron chi connectivity index (χ2n) is 6.36. The summed E-state index contributed by atoms with van der Waals surface area (Å²) in [6, 6.07) is 3.52. The molecule has 1 aliphatic rings. The number of benzene rings is 1. The highest BCUT2D eigenvalue weighted by Gasteiger charge is 2.13. The molecule has 1 aromatic carbocycles. The first-order valence-corrected chi connectivity index (χ1v) is 9.19. The van der Waals surface area contributed by atoms with Crippen LogP contribution in [-0.4, -0.2) is 76.2 Å². The fourth-order valence-corrected chi connectivity index (χ4v) is 3.15. The van der Waals surface area contributed by atoms with E-state index in [0.29, 0.717) is 23.1 Å². The van der Waals surface area contributed by atoms with Crippen molar-refractivity contribution in [2.45, 2.75) is 6.42 Å². The number of carbonyl (C=O) groups is 1. The number of methoxy groups -OCH3 is 2. The van der Waals surface area contributed by atoms with Crippen LogP contribution in [0.5, 0.6) is 11.5 Å². The zero-order chi connectivity index (χ0) is 18.9. The first-order valence-electron chi connectivity index (χ1n) is 8.82. The molecule has 26 heavy (non-hydrogen) atoms. The Bertz CT molecular complexity index is 629. The molecule has 0 radical (unpaired) electrons. The Morgan fingerprint density at radius 2 is 1.96 bits per heavy atom. The molecular weight excluding hydrogens is 354 g/mol. The van der Waals surface area contributed by atoms with Gasteiger partial charge in [-0.2, -0.15) is 0 Å². The minimum atomic E-state index is -0.116. The summed E-state index contributed by atoms with van der Waals surface area (Å²) in [6.07, 6.45) is 4.17. The number of piperazine rings is 1. The number of rotatable bonds is 8. The van der Waals surface area contributed by atoms with Crippen LogP contribution in [-0.2, 0) is 4.79 Å². The number of carbonyl (C=O) groups excluding carboxylic acids is 1. The normalized spacial score (nSPS) is 16.0. The van der Waals surface area contributed by atoms with Crippen LogP contribution in [0.15, 0.2) is 18.2 Å². The van der Waals surface area contributed by atoms with E-state index in [-0.39, 0.29) is 5.91 Å². The van der Waals surface area contributed by atoms with E-state index in [2.05, 4.69) is 22.2 Å². The zero-order valence-electron chi connectivity index (χ0n) is 15.8. The number of amides is 1. The molecule has 1 heterocycles. The third-order valence-electron chi connectivity index (χ3n) is 4.43. The van der Waals surface area contributed by atoms with Gasteiger partial charge in [0.25, 0.3) is 0 Å². The monoisotopic (exact) mass is 381 g/mol. The maximum Gasteiger partial charge on any atom is 0.243 e. The van der Waals surface area contributed by atoms with Gasteiger partial charge in [0.05, 0.1) is 19.2 Å². The summed E-state index contributed by atoms with van der Waals surface area (Å²) in [5, 5.41) is 3.36. The van der Waals surface area contributed by atoms with Gasteiger partial charge in [-0.3, -0.25) is 4.79 Å². The SMILES string of the molecule is COc1cc(C=CC(=O)NCCCN2CCN(C)CC2)cc(Cl)c1OC. The molecule has 0 aliphatic carbocycles. The number of hydrogen-bond donors (Lipinski definition) is 1. The molecule has 0 atom stereocenters. The summed E-state index contributed by atoms with van der Waals surface area (Å²) in [6.45, 7) is 6.12. The molecule has 6 nitrogen and oxygen atoms in total. The highest BCUT2D eigenvalue weighted by Crippen LogP contribution is 2.36. The molecule has 1 amide bonds. The van der Waals surface area contributed by atoms with Crippen molar-refractivity contribution in [3.8, 4) is 11.5 Å². The predicted molar refractivity (Wildman–Crippen MR) is 105 cm³/mol. The Morgan fingerprint density at radius 3 is 2.62 bits per heavy atom. The van der Waals surface area contributed by atoms with Crippen LogP contribution in [0.25, 0.3) is 6.08 Å². The molecule has 1 N–H and O–H groups in total. The highest BCUT2D eigenvalue weighted by molar-refractivity contribution is 6.32. The van der Waals surface area contributed by atoms with Gasteiger partial charge in [-0.25, -0.2) is 0 Å². The van der Waals surface area contributed by atoms with E-state index < -0.39 is 0 Å². The third-order valence-corrected chi connectivity index (χ3v) is 4.71. The number of halogens is 1. The van der Waals surface area contributed by atoms with Crippen LogP contribution in [0.3, 0.4) is 0 Å². The van der Waals surface area contributed by atoms with Gasteiger partial charge >= 0.3 is 0 Å². The summed E-state index contributed by atoms with van der Waals surface area (Å²) in [4.78, 5) is 16.7. The molecule has 0 saturated carbocycles. The van der Waals surface area contributed by atoms with Gasteiger partial charge in [0.2, 0.25) is 5.91 Å². The molecule has 144 valence electrons. The summed E-state index contributed by atoms with van der Waals surface area (Å²) in [5.74, 6) is 0.904. The molecule has 0 spiro atoms. The van der Waals surface area contributed by atoms with E-state index in [0.717, 1.165) is 44.7 Å². The van der Waals surface area contributed by atoms with Gasteiger partial charge in [0.1, 0.15) is 0 Å². The van der Waals surface area contributed by atoms with Crippen LogP contribution in [0.2, 0.25) is 5.02 Å². The quantitative estimate of drug-likeness (QED) is 0.552. The molecule has 1 aliphatic heterocycles. The fraction of sp³-hybridized carbons (Fsp3) is 0.526. The molecule has 0 aromatic heterocycles. The van der Waals surface area contributed by atoms with E-state index in [1.165, 1.54) is 13.2 Å². The number of likely N-dealkylation sites (N-methyl/N-ethyl adjacent to an activating group) is 1. The molecule has 1 fully saturated rings. The second-order valence-corrected chi connectivity index (χ2v) is 6.77. The van der Waals surface area contributed by atoms with Gasteiger partial charge in [0, 0.05) is 38.8 Å². The predicted octanol–water partition coefficient (Wildman–Crippen LogP) is 2.12. The fourth-order valence-electron chi connectivity index (χ4n) is 2.85. The van der Waals surface area contributed by atoms with E-state index >= 15 is 0 Å². The minimum absolute atomic E-state index is 0.116. The smallest absolute Gasteiger partial charge is 0.243 e. The first-order chi connectivity index (χ1) is 12.5. The van der Waals surface area contributed by atoms with Crippen molar-refractivity contribution in [2.24, 2.45) is 0 Å². The van der Waals surface area contributed by atoms with Crippen molar-refractivity contribution in [2.75, 3.05) is 60.5 Å². The van der Waals surface area contributed by atoms with Crippen LogP contribution < -0.4 is 14.8 Å². The van der Waals surface area contributed by atoms with Gasteiger partial charge in [-0.1, -0.05) is 11.6 Å². The molecule has 7 heteroatoms. The highest BCUT2D eigenvalue weighted by atomic mass is 35.5. The number of hydrogen-bond acceptors (Lipinski definition) is 5. The summed E-state index contributed by atoms with van der Waals surface area (Å²) < 4.78 is 10.5. The second kappa shape index (κ2) is 10.4. The van der Waals surface area contributed by atoms with Crippen molar-refractivity contribution < 1.29 is 14.3 Å². The zero-order valence-corrected chi connectivity index (χ0v) is 16.5. The molecule has 1 saturated heterocycles. The maximum atomic E-state index is 12.0. The summed E-state index contributed by atoms with van der Waals surface area (Å²) >= 11 is 6.17. The Morgan fingerprint density at radius 1 is 1.23 bits per heavy atom. The maximum absolute atomic E-state index is 12.0. The van der Waals surface area contributed by atoms with Crippen LogP contribution >= 0.6 is 11.6 Å². The van der Waals surface area contributed by atoms with E-state index in [4.69, 9.17) is 21.1 Å². The van der Waals surface area contributed by atoms with Gasteiger partial charge in [-0.15, -0.1) is 0 Å². The average molecular weight is 382 g/mol. The average Bonchev–Trinajstić information content (AvgIpc) is 2.64. The van der Waals surface area contributed by atoms with Crippen molar-refractivity contribution in [3.05, 3.63) is 28.8 Å². The Hall–Kier alpha value is -1.76. The Balaban J connectivity index is 1.76. The molecule has 0 bridgehead atoms. The molecule has 0 unspecified atom stereocenters. The van der Waals surface area contributed by atoms with Crippen LogP contribution in [0.1, 0.15) is 12.0 Å². The number of nitrogens with zero attached hydrogens (tertiary/aromatic N) is 2. The topological polar surface area (TPSA) is 54.0 Å². The van der Waals surface area contributed by atoms with Gasteiger partial charge in [-0.05, 0) is 43.8 Å². The molecular formula is C19H28ClN3O3. The van der Waals surface area contributed by atoms with Crippen LogP contribution in [0, 0.1) is 0 Å². The number of nitrogens with one attached hydrogen (secondary N) is 1. The van der Waals surface area contributed by atoms with E-state index in [1.807, 2.05) is 0 Å². The lowest BCUT2D eigenvalue weighted by Gasteiger charge is -2.32. The lowest BCUT2D eigenvalue weighted by Crippen LogP contribution is -2.45. The van der Waals surface area contributed by atoms with Crippen molar-refractivity contribution >= 4 is 23.6 Å². The lowest BCUT2D eigenvalue weighted by atomic mass is 10.2. The van der Waals surface area contributed by atoms with Crippen molar-refractivity contribution in [1.29, 1.82) is 0 Å². The Labute approximate surface area is 160 Å². The lowest BCUT2D eigenvalue weighted by molar-refractivity contribution is -0.116. The van der Waals surface area contributed by atoms with E-state index in [1.54, 1.807) is 25.3 Å². The summed E-state index contributed by atoms with van der Waals surface area (Å²) in [5.41, 5.74) is 0.778. The van der Waals surface area contributed by atoms with Crippen LogP contribution in [0.4, 0.5) is 0 Å². The first kappa shape index (κ1) is 20.6. The van der Waals surface area contributed by atoms with Crippen molar-refractivity contribution in [1.82, 2.24) is 15.1 Å². The van der Waals surface area contributed by atoms with E-state index in [9.17, 15) is 4.79 Å². The molecule has 2 rings (SSSR count). The minimum Gasteiger partial charge on any atom is -0.493 e. The third kappa shape index (κ3) is 6.20. The van der Waals surface area contributed by atoms with Gasteiger partial charge in [0.15, 0.2) is 11.5 Å². The standard InChI is InChI=1S/C19H28ClN3O3/c1-22-9-11-23(12-10-22)8-4-7-21-18(24)6-5-15-13-16(20)19(26-3)17(14-15)25-2/h5-6,13-14H,4,7-12H2,1-3H3,(H,21,24). The van der Waals surface area contributed by atoms with Gasteiger partial charge < -0.3 is 24.6 Å².